The van der Waals surface area contributed by atoms with E-state index in [0.29, 0.717) is 6.04 Å². The molecule has 0 radical (unpaired) electrons. The molecule has 1 unspecified atom stereocenters. The van der Waals surface area contributed by atoms with Crippen molar-refractivity contribution in [1.82, 2.24) is 5.32 Å². The lowest BCUT2D eigenvalue weighted by Crippen LogP contribution is -2.25. The van der Waals surface area contributed by atoms with Gasteiger partial charge in [0, 0.05) is 11.6 Å². The van der Waals surface area contributed by atoms with Crippen LogP contribution >= 0.6 is 0 Å². The van der Waals surface area contributed by atoms with Crippen molar-refractivity contribution < 1.29 is 9.47 Å². The maximum absolute atomic E-state index is 5.61. The SMILES string of the molecule is CCCNC(CC(CC)CC)c1cccc(OC)c1OC. The number of ether oxygens (including phenoxy) is 2. The molecule has 0 aliphatic heterocycles. The minimum absolute atomic E-state index is 0.319. The molecule has 120 valence electrons. The Morgan fingerprint density at radius 3 is 2.29 bits per heavy atom. The molecule has 1 aromatic rings. The van der Waals surface area contributed by atoms with E-state index in [1.54, 1.807) is 14.2 Å². The van der Waals surface area contributed by atoms with E-state index in [9.17, 15) is 0 Å². The molecule has 0 fully saturated rings. The van der Waals surface area contributed by atoms with Gasteiger partial charge in [-0.15, -0.1) is 0 Å². The molecule has 1 N–H and O–H groups in total. The van der Waals surface area contributed by atoms with Crippen molar-refractivity contribution in [2.45, 2.75) is 52.5 Å². The van der Waals surface area contributed by atoms with Gasteiger partial charge in [0.15, 0.2) is 11.5 Å². The summed E-state index contributed by atoms with van der Waals surface area (Å²) in [6, 6.07) is 6.47. The van der Waals surface area contributed by atoms with Crippen LogP contribution in [0.5, 0.6) is 11.5 Å². The van der Waals surface area contributed by atoms with E-state index >= 15 is 0 Å². The first kappa shape index (κ1) is 17.8. The van der Waals surface area contributed by atoms with Crippen molar-refractivity contribution >= 4 is 0 Å². The second-order valence-corrected chi connectivity index (χ2v) is 5.51. The zero-order valence-corrected chi connectivity index (χ0v) is 14.2. The van der Waals surface area contributed by atoms with Gasteiger partial charge < -0.3 is 14.8 Å². The third kappa shape index (κ3) is 4.92. The molecule has 1 aromatic carbocycles. The molecule has 1 rings (SSSR count). The maximum Gasteiger partial charge on any atom is 0.165 e. The number of rotatable bonds is 10. The molecule has 0 bridgehead atoms. The standard InChI is InChI=1S/C18H31NO2/c1-6-12-19-16(13-14(7-2)8-3)15-10-9-11-17(20-4)18(15)21-5/h9-11,14,16,19H,6-8,12-13H2,1-5H3. The van der Waals surface area contributed by atoms with Crippen LogP contribution in [-0.2, 0) is 0 Å². The van der Waals surface area contributed by atoms with Gasteiger partial charge in [0.2, 0.25) is 0 Å². The second-order valence-electron chi connectivity index (χ2n) is 5.51. The van der Waals surface area contributed by atoms with Crippen LogP contribution in [0.1, 0.15) is 58.1 Å². The van der Waals surface area contributed by atoms with Crippen LogP contribution in [-0.4, -0.2) is 20.8 Å². The van der Waals surface area contributed by atoms with Gasteiger partial charge >= 0.3 is 0 Å². The molecule has 0 aliphatic rings. The van der Waals surface area contributed by atoms with Crippen molar-refractivity contribution in [3.05, 3.63) is 23.8 Å². The first-order valence-corrected chi connectivity index (χ1v) is 8.15. The normalized spacial score (nSPS) is 12.5. The lowest BCUT2D eigenvalue weighted by atomic mass is 9.90. The van der Waals surface area contributed by atoms with E-state index in [1.165, 1.54) is 18.4 Å². The summed E-state index contributed by atoms with van der Waals surface area (Å²) < 4.78 is 11.0. The van der Waals surface area contributed by atoms with Crippen molar-refractivity contribution in [2.24, 2.45) is 5.92 Å². The van der Waals surface area contributed by atoms with Crippen LogP contribution in [0.2, 0.25) is 0 Å². The zero-order valence-electron chi connectivity index (χ0n) is 14.2. The highest BCUT2D eigenvalue weighted by Crippen LogP contribution is 2.37. The quantitative estimate of drug-likeness (QED) is 0.685. The summed E-state index contributed by atoms with van der Waals surface area (Å²) >= 11 is 0. The second kappa shape index (κ2) is 9.67. The average Bonchev–Trinajstić information content (AvgIpc) is 2.54. The van der Waals surface area contributed by atoms with Crippen LogP contribution in [0.4, 0.5) is 0 Å². The first-order chi connectivity index (χ1) is 10.2. The van der Waals surface area contributed by atoms with E-state index in [-0.39, 0.29) is 0 Å². The van der Waals surface area contributed by atoms with Gasteiger partial charge in [-0.2, -0.15) is 0 Å². The van der Waals surface area contributed by atoms with Crippen molar-refractivity contribution in [3.8, 4) is 11.5 Å². The Kier molecular flexibility index (Phi) is 8.21. The largest absolute Gasteiger partial charge is 0.493 e. The first-order valence-electron chi connectivity index (χ1n) is 8.15. The van der Waals surface area contributed by atoms with Gasteiger partial charge in [0.25, 0.3) is 0 Å². The number of hydrogen-bond donors (Lipinski definition) is 1. The average molecular weight is 293 g/mol. The Bertz CT molecular complexity index is 402. The van der Waals surface area contributed by atoms with E-state index in [2.05, 4.69) is 32.2 Å². The monoisotopic (exact) mass is 293 g/mol. The Balaban J connectivity index is 3.06. The van der Waals surface area contributed by atoms with Gasteiger partial charge in [-0.25, -0.2) is 0 Å². The fourth-order valence-corrected chi connectivity index (χ4v) is 2.78. The Morgan fingerprint density at radius 1 is 1.05 bits per heavy atom. The van der Waals surface area contributed by atoms with Crippen LogP contribution in [0.25, 0.3) is 0 Å². The maximum atomic E-state index is 5.61. The molecule has 0 aliphatic carbocycles. The summed E-state index contributed by atoms with van der Waals surface area (Å²) in [7, 11) is 3.41. The third-order valence-electron chi connectivity index (χ3n) is 4.17. The molecule has 3 heteroatoms. The molecular weight excluding hydrogens is 262 g/mol. The Morgan fingerprint density at radius 2 is 1.76 bits per heavy atom. The number of hydrogen-bond acceptors (Lipinski definition) is 3. The van der Waals surface area contributed by atoms with E-state index < -0.39 is 0 Å². The molecule has 3 nitrogen and oxygen atoms in total. The highest BCUT2D eigenvalue weighted by Gasteiger charge is 2.21. The highest BCUT2D eigenvalue weighted by molar-refractivity contribution is 5.48. The minimum atomic E-state index is 0.319. The zero-order chi connectivity index (χ0) is 15.7. The smallest absolute Gasteiger partial charge is 0.165 e. The molecule has 21 heavy (non-hydrogen) atoms. The van der Waals surface area contributed by atoms with Crippen molar-refractivity contribution in [3.63, 3.8) is 0 Å². The Hall–Kier alpha value is -1.22. The molecule has 0 saturated carbocycles. The van der Waals surface area contributed by atoms with Crippen molar-refractivity contribution in [2.75, 3.05) is 20.8 Å². The summed E-state index contributed by atoms with van der Waals surface area (Å²) in [6.45, 7) is 7.76. The lowest BCUT2D eigenvalue weighted by molar-refractivity contribution is 0.331. The summed E-state index contributed by atoms with van der Waals surface area (Å²) in [5.74, 6) is 2.40. The van der Waals surface area contributed by atoms with Crippen molar-refractivity contribution in [1.29, 1.82) is 0 Å². The molecule has 0 heterocycles. The predicted octanol–water partition coefficient (Wildman–Crippen LogP) is 4.57. The summed E-state index contributed by atoms with van der Waals surface area (Å²) in [5, 5.41) is 3.68. The van der Waals surface area contributed by atoms with Gasteiger partial charge in [0.1, 0.15) is 0 Å². The third-order valence-corrected chi connectivity index (χ3v) is 4.17. The summed E-state index contributed by atoms with van der Waals surface area (Å²) in [6.07, 6.45) is 4.70. The number of benzene rings is 1. The molecule has 1 atom stereocenters. The van der Waals surface area contributed by atoms with E-state index in [0.717, 1.165) is 36.8 Å². The van der Waals surface area contributed by atoms with E-state index in [4.69, 9.17) is 9.47 Å². The summed E-state index contributed by atoms with van der Waals surface area (Å²) in [4.78, 5) is 0. The fourth-order valence-electron chi connectivity index (χ4n) is 2.78. The minimum Gasteiger partial charge on any atom is -0.493 e. The highest BCUT2D eigenvalue weighted by atomic mass is 16.5. The van der Waals surface area contributed by atoms with Gasteiger partial charge in [-0.3, -0.25) is 0 Å². The Labute approximate surface area is 130 Å². The predicted molar refractivity (Wildman–Crippen MR) is 89.3 cm³/mol. The number of para-hydroxylation sites is 1. The molecule has 0 saturated heterocycles. The van der Waals surface area contributed by atoms with Crippen LogP contribution in [0.15, 0.2) is 18.2 Å². The molecule has 0 spiro atoms. The molecule has 0 amide bonds. The fraction of sp³-hybridized carbons (Fsp3) is 0.667. The van der Waals surface area contributed by atoms with Gasteiger partial charge in [0.05, 0.1) is 14.2 Å². The lowest BCUT2D eigenvalue weighted by Gasteiger charge is -2.25. The van der Waals surface area contributed by atoms with Gasteiger partial charge in [-0.05, 0) is 31.4 Å². The van der Waals surface area contributed by atoms with Gasteiger partial charge in [-0.1, -0.05) is 45.7 Å². The number of nitrogens with one attached hydrogen (secondary N) is 1. The van der Waals surface area contributed by atoms with E-state index in [1.807, 2.05) is 12.1 Å². The topological polar surface area (TPSA) is 30.5 Å². The number of methoxy groups -OCH3 is 2. The van der Waals surface area contributed by atoms with Crippen LogP contribution in [0, 0.1) is 5.92 Å². The van der Waals surface area contributed by atoms with Crippen LogP contribution in [0.3, 0.4) is 0 Å². The molecule has 0 aromatic heterocycles. The molecular formula is C18H31NO2. The van der Waals surface area contributed by atoms with Crippen LogP contribution < -0.4 is 14.8 Å². The summed E-state index contributed by atoms with van der Waals surface area (Å²) in [5.41, 5.74) is 1.21.